The first kappa shape index (κ1) is 25.7. The fourth-order valence-electron chi connectivity index (χ4n) is 6.38. The Labute approximate surface area is 213 Å². The molecule has 0 bridgehead atoms. The number of thiophene rings is 1. The molecule has 1 saturated heterocycles. The fourth-order valence-corrected chi connectivity index (χ4v) is 7.55. The normalized spacial score (nSPS) is 19.5. The Kier molecular flexibility index (Phi) is 7.33. The zero-order valence-electron chi connectivity index (χ0n) is 22.0. The number of likely N-dealkylation sites (tertiary alicyclic amines) is 1. The van der Waals surface area contributed by atoms with E-state index in [0.29, 0.717) is 27.4 Å². The van der Waals surface area contributed by atoms with Gasteiger partial charge >= 0.3 is 5.97 Å². The molecule has 2 heterocycles. The summed E-state index contributed by atoms with van der Waals surface area (Å²) in [6.07, 6.45) is 5.64. The molecule has 0 N–H and O–H groups in total. The summed E-state index contributed by atoms with van der Waals surface area (Å²) in [4.78, 5) is 28.4. The summed E-state index contributed by atoms with van der Waals surface area (Å²) in [6.45, 7) is 13.0. The van der Waals surface area contributed by atoms with Crippen molar-refractivity contribution in [3.8, 4) is 16.2 Å². The monoisotopic (exact) mass is 497 g/mol. The summed E-state index contributed by atoms with van der Waals surface area (Å²) in [5.74, 6) is 0.507. The predicted molar refractivity (Wildman–Crippen MR) is 141 cm³/mol. The van der Waals surface area contributed by atoms with Gasteiger partial charge in [0.05, 0.1) is 7.11 Å². The van der Waals surface area contributed by atoms with Gasteiger partial charge in [0.1, 0.15) is 5.75 Å². The van der Waals surface area contributed by atoms with Gasteiger partial charge < -0.3 is 14.4 Å². The number of benzene rings is 1. The van der Waals surface area contributed by atoms with Gasteiger partial charge in [0, 0.05) is 23.5 Å². The van der Waals surface area contributed by atoms with Crippen LogP contribution in [0.15, 0.2) is 24.3 Å². The maximum Gasteiger partial charge on any atom is 0.351 e. The predicted octanol–water partition coefficient (Wildman–Crippen LogP) is 6.83. The Morgan fingerprint density at radius 2 is 1.74 bits per heavy atom. The van der Waals surface area contributed by atoms with E-state index in [1.54, 1.807) is 0 Å². The van der Waals surface area contributed by atoms with Crippen molar-refractivity contribution in [3.63, 3.8) is 0 Å². The lowest BCUT2D eigenvalue weighted by Crippen LogP contribution is -2.32. The number of methoxy groups -OCH3 is 1. The molecule has 2 aromatic rings. The third kappa shape index (κ3) is 5.74. The second-order valence-electron chi connectivity index (χ2n) is 11.8. The van der Waals surface area contributed by atoms with E-state index >= 15 is 0 Å². The molecule has 1 aliphatic heterocycles. The molecule has 0 unspecified atom stereocenters. The topological polar surface area (TPSA) is 55.8 Å². The quantitative estimate of drug-likeness (QED) is 0.410. The number of carbonyl (C=O) groups excluding carboxylic acids is 2. The Morgan fingerprint density at radius 3 is 2.37 bits per heavy atom. The SMILES string of the molecule is COC(=O)c1sc(-c2cccc(C3CC(C)(C)CC(C)(C)C3)c2)c(C)c1OCC(=O)N1CCCC1. The standard InChI is InChI=1S/C29H39NO4S/c1-19-24(34-17-23(31)30-12-7-8-13-30)26(27(32)33-6)35-25(19)21-11-9-10-20(14-21)22-15-28(2,3)18-29(4,5)16-22/h9-11,14,22H,7-8,12-13,15-18H2,1-6H3. The van der Waals surface area contributed by atoms with Crippen LogP contribution in [-0.4, -0.2) is 43.6 Å². The van der Waals surface area contributed by atoms with Crippen LogP contribution in [-0.2, 0) is 9.53 Å². The van der Waals surface area contributed by atoms with Gasteiger partial charge in [0.2, 0.25) is 0 Å². The number of nitrogens with zero attached hydrogens (tertiary/aromatic N) is 1. The Hall–Kier alpha value is -2.34. The van der Waals surface area contributed by atoms with Crippen LogP contribution in [0.2, 0.25) is 0 Å². The van der Waals surface area contributed by atoms with Gasteiger partial charge in [-0.15, -0.1) is 11.3 Å². The second-order valence-corrected chi connectivity index (χ2v) is 12.8. The third-order valence-corrected chi connectivity index (χ3v) is 8.74. The summed E-state index contributed by atoms with van der Waals surface area (Å²) < 4.78 is 11.0. The second kappa shape index (κ2) is 9.96. The highest BCUT2D eigenvalue weighted by atomic mass is 32.1. The molecule has 1 aromatic heterocycles. The van der Waals surface area contributed by atoms with Crippen LogP contribution in [0.3, 0.4) is 0 Å². The molecule has 5 nitrogen and oxygen atoms in total. The first-order valence-electron chi connectivity index (χ1n) is 12.7. The van der Waals surface area contributed by atoms with E-state index in [0.717, 1.165) is 41.9 Å². The smallest absolute Gasteiger partial charge is 0.351 e. The van der Waals surface area contributed by atoms with Crippen LogP contribution in [0.25, 0.3) is 10.4 Å². The number of rotatable bonds is 6. The van der Waals surface area contributed by atoms with Crippen LogP contribution < -0.4 is 4.74 Å². The van der Waals surface area contributed by atoms with Gasteiger partial charge in [-0.05, 0) is 66.9 Å². The Balaban J connectivity index is 1.63. The summed E-state index contributed by atoms with van der Waals surface area (Å²) in [6, 6.07) is 8.73. The molecule has 2 fully saturated rings. The van der Waals surface area contributed by atoms with Gasteiger partial charge in [0.25, 0.3) is 5.91 Å². The van der Waals surface area contributed by atoms with Crippen molar-refractivity contribution in [1.29, 1.82) is 0 Å². The number of hydrogen-bond donors (Lipinski definition) is 0. The highest BCUT2D eigenvalue weighted by Gasteiger charge is 2.39. The van der Waals surface area contributed by atoms with Gasteiger partial charge in [-0.25, -0.2) is 4.79 Å². The van der Waals surface area contributed by atoms with Crippen molar-refractivity contribution in [2.75, 3.05) is 26.8 Å². The van der Waals surface area contributed by atoms with Crippen LogP contribution >= 0.6 is 11.3 Å². The maximum absolute atomic E-state index is 12.6. The van der Waals surface area contributed by atoms with E-state index in [9.17, 15) is 9.59 Å². The minimum atomic E-state index is -0.431. The van der Waals surface area contributed by atoms with E-state index in [1.807, 2.05) is 11.8 Å². The largest absolute Gasteiger partial charge is 0.482 e. The van der Waals surface area contributed by atoms with Crippen LogP contribution in [0.5, 0.6) is 5.75 Å². The zero-order valence-corrected chi connectivity index (χ0v) is 22.8. The maximum atomic E-state index is 12.6. The average Bonchev–Trinajstić information content (AvgIpc) is 3.43. The molecule has 2 aliphatic rings. The summed E-state index contributed by atoms with van der Waals surface area (Å²) in [5.41, 5.74) is 3.93. The van der Waals surface area contributed by atoms with Crippen molar-refractivity contribution < 1.29 is 19.1 Å². The molecule has 1 aromatic carbocycles. The first-order chi connectivity index (χ1) is 16.5. The van der Waals surface area contributed by atoms with Crippen molar-refractivity contribution in [2.45, 2.75) is 72.6 Å². The van der Waals surface area contributed by atoms with E-state index in [2.05, 4.69) is 52.0 Å². The molecule has 1 amide bonds. The molecule has 6 heteroatoms. The number of carbonyl (C=O) groups is 2. The summed E-state index contributed by atoms with van der Waals surface area (Å²) >= 11 is 1.39. The molecule has 35 heavy (non-hydrogen) atoms. The Bertz CT molecular complexity index is 1080. The number of esters is 1. The van der Waals surface area contributed by atoms with Gasteiger partial charge in [-0.3, -0.25) is 4.79 Å². The molecule has 1 aliphatic carbocycles. The lowest BCUT2D eigenvalue weighted by molar-refractivity contribution is -0.132. The van der Waals surface area contributed by atoms with E-state index in [1.165, 1.54) is 43.3 Å². The minimum absolute atomic E-state index is 0.0324. The van der Waals surface area contributed by atoms with Crippen molar-refractivity contribution >= 4 is 23.2 Å². The highest BCUT2D eigenvalue weighted by molar-refractivity contribution is 7.18. The van der Waals surface area contributed by atoms with Crippen LogP contribution in [0.4, 0.5) is 0 Å². The number of hydrogen-bond acceptors (Lipinski definition) is 5. The first-order valence-corrected chi connectivity index (χ1v) is 13.5. The molecular weight excluding hydrogens is 458 g/mol. The highest BCUT2D eigenvalue weighted by Crippen LogP contribution is 2.52. The van der Waals surface area contributed by atoms with Crippen molar-refractivity contribution in [1.82, 2.24) is 4.90 Å². The van der Waals surface area contributed by atoms with E-state index in [-0.39, 0.29) is 12.5 Å². The molecular formula is C29H39NO4S. The fraction of sp³-hybridized carbons (Fsp3) is 0.586. The van der Waals surface area contributed by atoms with E-state index in [4.69, 9.17) is 9.47 Å². The zero-order chi connectivity index (χ0) is 25.4. The molecule has 0 atom stereocenters. The Morgan fingerprint density at radius 1 is 1.09 bits per heavy atom. The lowest BCUT2D eigenvalue weighted by Gasteiger charge is -2.45. The number of ether oxygens (including phenoxy) is 2. The van der Waals surface area contributed by atoms with Gasteiger partial charge in [-0.1, -0.05) is 52.0 Å². The van der Waals surface area contributed by atoms with Crippen molar-refractivity contribution in [2.24, 2.45) is 10.8 Å². The molecule has 1 saturated carbocycles. The lowest BCUT2D eigenvalue weighted by atomic mass is 9.60. The average molecular weight is 498 g/mol. The molecule has 0 spiro atoms. The third-order valence-electron chi connectivity index (χ3n) is 7.44. The molecule has 0 radical (unpaired) electrons. The van der Waals surface area contributed by atoms with Crippen LogP contribution in [0, 0.1) is 17.8 Å². The molecule has 190 valence electrons. The number of amides is 1. The van der Waals surface area contributed by atoms with Crippen LogP contribution in [0.1, 0.15) is 86.5 Å². The van der Waals surface area contributed by atoms with Gasteiger partial charge in [0.15, 0.2) is 11.5 Å². The van der Waals surface area contributed by atoms with Crippen molar-refractivity contribution in [3.05, 3.63) is 40.3 Å². The summed E-state index contributed by atoms with van der Waals surface area (Å²) in [7, 11) is 1.38. The van der Waals surface area contributed by atoms with Gasteiger partial charge in [-0.2, -0.15) is 0 Å². The summed E-state index contributed by atoms with van der Waals surface area (Å²) in [5, 5.41) is 0. The molecule has 4 rings (SSSR count). The minimum Gasteiger partial charge on any atom is -0.482 e. The van der Waals surface area contributed by atoms with E-state index < -0.39 is 5.97 Å².